The van der Waals surface area contributed by atoms with Crippen LogP contribution in [-0.4, -0.2) is 19.9 Å². The molecule has 0 N–H and O–H groups in total. The zero-order valence-corrected chi connectivity index (χ0v) is 19.4. The largest absolute Gasteiger partial charge is 0.256 e. The van der Waals surface area contributed by atoms with E-state index in [4.69, 9.17) is 26.6 Å². The van der Waals surface area contributed by atoms with Crippen molar-refractivity contribution in [1.29, 1.82) is 0 Å². The molecular weight excluding hydrogens is 452 g/mol. The number of pyridine rings is 1. The highest BCUT2D eigenvalue weighted by atomic mass is 35.5. The van der Waals surface area contributed by atoms with Gasteiger partial charge in [0.2, 0.25) is 0 Å². The van der Waals surface area contributed by atoms with E-state index in [1.54, 1.807) is 0 Å². The third kappa shape index (κ3) is 4.27. The Kier molecular flexibility index (Phi) is 5.49. The summed E-state index contributed by atoms with van der Waals surface area (Å²) in [7, 11) is 0. The fourth-order valence-corrected chi connectivity index (χ4v) is 4.38. The van der Waals surface area contributed by atoms with Gasteiger partial charge in [0.15, 0.2) is 17.5 Å². The molecule has 4 aromatic carbocycles. The van der Waals surface area contributed by atoms with Gasteiger partial charge in [-0.2, -0.15) is 0 Å². The van der Waals surface area contributed by atoms with Crippen molar-refractivity contribution in [3.8, 4) is 45.3 Å². The first kappa shape index (κ1) is 21.1. The Morgan fingerprint density at radius 1 is 0.486 bits per heavy atom. The summed E-state index contributed by atoms with van der Waals surface area (Å²) in [5, 5.41) is 1.68. The van der Waals surface area contributed by atoms with Crippen molar-refractivity contribution in [2.45, 2.75) is 0 Å². The highest BCUT2D eigenvalue weighted by Gasteiger charge is 2.14. The molecule has 0 atom stereocenters. The second-order valence-corrected chi connectivity index (χ2v) is 8.58. The minimum atomic E-state index is 0.564. The number of hydrogen-bond donors (Lipinski definition) is 0. The SMILES string of the molecule is Clc1cc(-c2nc(-c3ccccc3)nc(-c3ccccc3)n2)cc(-c2cccc3cccnc23)c1. The zero-order valence-electron chi connectivity index (χ0n) is 18.6. The summed E-state index contributed by atoms with van der Waals surface area (Å²) in [6.45, 7) is 0. The molecular formula is C30H19ClN4. The average molecular weight is 471 g/mol. The van der Waals surface area contributed by atoms with Crippen molar-refractivity contribution < 1.29 is 0 Å². The molecule has 0 saturated carbocycles. The molecule has 5 heteroatoms. The molecule has 35 heavy (non-hydrogen) atoms. The molecule has 0 saturated heterocycles. The Morgan fingerprint density at radius 2 is 1.06 bits per heavy atom. The van der Waals surface area contributed by atoms with E-state index in [-0.39, 0.29) is 0 Å². The number of hydrogen-bond acceptors (Lipinski definition) is 4. The van der Waals surface area contributed by atoms with Crippen LogP contribution in [0.2, 0.25) is 5.02 Å². The number of para-hydroxylation sites is 1. The predicted octanol–water partition coefficient (Wildman–Crippen LogP) is 7.74. The maximum atomic E-state index is 6.62. The molecule has 4 nitrogen and oxygen atoms in total. The van der Waals surface area contributed by atoms with Crippen molar-refractivity contribution in [2.24, 2.45) is 0 Å². The van der Waals surface area contributed by atoms with Gasteiger partial charge in [0, 0.05) is 38.9 Å². The number of rotatable bonds is 4. The number of halogens is 1. The van der Waals surface area contributed by atoms with Crippen molar-refractivity contribution >= 4 is 22.5 Å². The highest BCUT2D eigenvalue weighted by molar-refractivity contribution is 6.31. The molecule has 0 fully saturated rings. The molecule has 6 rings (SSSR count). The topological polar surface area (TPSA) is 51.6 Å². The zero-order chi connectivity index (χ0) is 23.6. The van der Waals surface area contributed by atoms with Gasteiger partial charge in [-0.3, -0.25) is 4.98 Å². The van der Waals surface area contributed by atoms with Gasteiger partial charge in [0.1, 0.15) is 0 Å². The van der Waals surface area contributed by atoms with E-state index in [0.717, 1.165) is 38.7 Å². The summed E-state index contributed by atoms with van der Waals surface area (Å²) in [4.78, 5) is 19.1. The van der Waals surface area contributed by atoms with Gasteiger partial charge in [-0.25, -0.2) is 15.0 Å². The summed E-state index contributed by atoms with van der Waals surface area (Å²) in [6.07, 6.45) is 1.81. The number of benzene rings is 4. The molecule has 2 heterocycles. The lowest BCUT2D eigenvalue weighted by atomic mass is 10.00. The Morgan fingerprint density at radius 3 is 1.71 bits per heavy atom. The summed E-state index contributed by atoms with van der Waals surface area (Å²) in [6, 6.07) is 35.9. The van der Waals surface area contributed by atoms with Crippen molar-refractivity contribution in [3.63, 3.8) is 0 Å². The molecule has 0 aliphatic rings. The summed E-state index contributed by atoms with van der Waals surface area (Å²) >= 11 is 6.62. The molecule has 0 aliphatic carbocycles. The van der Waals surface area contributed by atoms with Gasteiger partial charge in [-0.05, 0) is 29.8 Å². The van der Waals surface area contributed by atoms with Gasteiger partial charge >= 0.3 is 0 Å². The van der Waals surface area contributed by atoms with Crippen molar-refractivity contribution in [1.82, 2.24) is 19.9 Å². The maximum absolute atomic E-state index is 6.62. The van der Waals surface area contributed by atoms with Gasteiger partial charge in [-0.15, -0.1) is 0 Å². The van der Waals surface area contributed by atoms with Crippen LogP contribution >= 0.6 is 11.6 Å². The van der Waals surface area contributed by atoms with Crippen molar-refractivity contribution in [2.75, 3.05) is 0 Å². The Balaban J connectivity index is 1.55. The quantitative estimate of drug-likeness (QED) is 0.264. The molecule has 0 amide bonds. The molecule has 0 radical (unpaired) electrons. The maximum Gasteiger partial charge on any atom is 0.164 e. The summed E-state index contributed by atoms with van der Waals surface area (Å²) in [5.41, 5.74) is 5.56. The van der Waals surface area contributed by atoms with Gasteiger partial charge in [0.05, 0.1) is 5.52 Å². The van der Waals surface area contributed by atoms with Crippen LogP contribution in [0, 0.1) is 0 Å². The van der Waals surface area contributed by atoms with Crippen LogP contribution in [0.1, 0.15) is 0 Å². The van der Waals surface area contributed by atoms with E-state index in [1.165, 1.54) is 0 Å². The van der Waals surface area contributed by atoms with Crippen LogP contribution in [0.4, 0.5) is 0 Å². The van der Waals surface area contributed by atoms with E-state index in [1.807, 2.05) is 91.1 Å². The minimum Gasteiger partial charge on any atom is -0.256 e. The second kappa shape index (κ2) is 9.09. The summed E-state index contributed by atoms with van der Waals surface area (Å²) in [5.74, 6) is 1.79. The number of nitrogens with zero attached hydrogens (tertiary/aromatic N) is 4. The van der Waals surface area contributed by atoms with Gasteiger partial charge in [-0.1, -0.05) is 96.5 Å². The van der Waals surface area contributed by atoms with Crippen LogP contribution < -0.4 is 0 Å². The Bertz CT molecular complexity index is 1590. The second-order valence-electron chi connectivity index (χ2n) is 8.15. The van der Waals surface area contributed by atoms with Gasteiger partial charge in [0.25, 0.3) is 0 Å². The molecule has 0 bridgehead atoms. The van der Waals surface area contributed by atoms with E-state index in [9.17, 15) is 0 Å². The van der Waals surface area contributed by atoms with Crippen LogP contribution in [0.3, 0.4) is 0 Å². The standard InChI is InChI=1S/C30H19ClN4/c31-25-18-23(26-15-7-13-20-14-8-16-32-27(20)26)17-24(19-25)30-34-28(21-9-3-1-4-10-21)33-29(35-30)22-11-5-2-6-12-22/h1-19H. The molecule has 0 spiro atoms. The van der Waals surface area contributed by atoms with E-state index >= 15 is 0 Å². The van der Waals surface area contributed by atoms with E-state index in [2.05, 4.69) is 29.2 Å². The normalized spacial score (nSPS) is 11.0. The first-order valence-corrected chi connectivity index (χ1v) is 11.6. The summed E-state index contributed by atoms with van der Waals surface area (Å²) < 4.78 is 0. The molecule has 0 unspecified atom stereocenters. The minimum absolute atomic E-state index is 0.564. The fraction of sp³-hybridized carbons (Fsp3) is 0. The third-order valence-electron chi connectivity index (χ3n) is 5.80. The first-order chi connectivity index (χ1) is 17.2. The monoisotopic (exact) mass is 470 g/mol. The van der Waals surface area contributed by atoms with Crippen LogP contribution in [0.5, 0.6) is 0 Å². The lowest BCUT2D eigenvalue weighted by molar-refractivity contribution is 1.07. The predicted molar refractivity (Wildman–Crippen MR) is 142 cm³/mol. The smallest absolute Gasteiger partial charge is 0.164 e. The van der Waals surface area contributed by atoms with E-state index in [0.29, 0.717) is 22.5 Å². The lowest BCUT2D eigenvalue weighted by Gasteiger charge is -2.11. The highest BCUT2D eigenvalue weighted by Crippen LogP contribution is 2.33. The first-order valence-electron chi connectivity index (χ1n) is 11.3. The lowest BCUT2D eigenvalue weighted by Crippen LogP contribution is -2.00. The van der Waals surface area contributed by atoms with Gasteiger partial charge < -0.3 is 0 Å². The number of fused-ring (bicyclic) bond motifs is 1. The van der Waals surface area contributed by atoms with Crippen LogP contribution in [-0.2, 0) is 0 Å². The molecule has 166 valence electrons. The third-order valence-corrected chi connectivity index (χ3v) is 6.02. The molecule has 0 aliphatic heterocycles. The molecule has 2 aromatic heterocycles. The van der Waals surface area contributed by atoms with Crippen LogP contribution in [0.25, 0.3) is 56.2 Å². The van der Waals surface area contributed by atoms with Crippen LogP contribution in [0.15, 0.2) is 115 Å². The van der Waals surface area contributed by atoms with E-state index < -0.39 is 0 Å². The fourth-order valence-electron chi connectivity index (χ4n) is 4.15. The Hall–Kier alpha value is -4.41. The average Bonchev–Trinajstić information content (AvgIpc) is 2.93. The number of aromatic nitrogens is 4. The van der Waals surface area contributed by atoms with Crippen molar-refractivity contribution in [3.05, 3.63) is 120 Å². The Labute approximate surface area is 208 Å². The molecule has 6 aromatic rings.